The molecular weight excluding hydrogens is 254 g/mol. The van der Waals surface area contributed by atoms with Crippen molar-refractivity contribution in [1.29, 1.82) is 0 Å². The van der Waals surface area contributed by atoms with Crippen molar-refractivity contribution in [1.82, 2.24) is 0 Å². The highest BCUT2D eigenvalue weighted by Gasteiger charge is 2.20. The molecule has 0 spiro atoms. The number of hydrogen-bond donors (Lipinski definition) is 1. The quantitative estimate of drug-likeness (QED) is 0.902. The Balaban J connectivity index is 1.91. The van der Waals surface area contributed by atoms with E-state index in [9.17, 15) is 0 Å². The summed E-state index contributed by atoms with van der Waals surface area (Å²) in [7, 11) is 0. The molecule has 1 saturated carbocycles. The van der Waals surface area contributed by atoms with E-state index in [2.05, 4.69) is 15.9 Å². The van der Waals surface area contributed by atoms with Gasteiger partial charge in [0, 0.05) is 0 Å². The smallest absolute Gasteiger partial charge is 0.134 e. The van der Waals surface area contributed by atoms with Gasteiger partial charge in [-0.3, -0.25) is 0 Å². The molecule has 84 valence electrons. The van der Waals surface area contributed by atoms with Gasteiger partial charge in [0.2, 0.25) is 0 Å². The second kappa shape index (κ2) is 5.17. The van der Waals surface area contributed by atoms with Gasteiger partial charge < -0.3 is 10.2 Å². The van der Waals surface area contributed by atoms with Gasteiger partial charge in [-0.2, -0.15) is 0 Å². The zero-order valence-electron chi connectivity index (χ0n) is 8.92. The lowest BCUT2D eigenvalue weighted by atomic mass is 9.84. The summed E-state index contributed by atoms with van der Waals surface area (Å²) in [5, 5.41) is 0. The summed E-state index contributed by atoms with van der Waals surface area (Å²) in [5.74, 6) is 1.70. The van der Waals surface area contributed by atoms with Crippen LogP contribution in [-0.4, -0.2) is 0 Å². The van der Waals surface area contributed by atoms with Gasteiger partial charge >= 0.3 is 0 Å². The Morgan fingerprint density at radius 3 is 2.73 bits per heavy atom. The van der Waals surface area contributed by atoms with Crippen molar-refractivity contribution >= 4 is 15.9 Å². The normalized spacial score (nSPS) is 20.4. The summed E-state index contributed by atoms with van der Waals surface area (Å²) in [6.45, 7) is 0. The topological polar surface area (TPSA) is 39.2 Å². The summed E-state index contributed by atoms with van der Waals surface area (Å²) >= 11 is 3.46. The molecule has 2 N–H and O–H groups in total. The lowest BCUT2D eigenvalue weighted by molar-refractivity contribution is 0.303. The molecule has 2 nitrogen and oxygen atoms in total. The highest BCUT2D eigenvalue weighted by atomic mass is 79.9. The second-order valence-corrected chi connectivity index (χ2v) is 5.33. The Morgan fingerprint density at radius 1 is 1.40 bits per heavy atom. The minimum absolute atomic E-state index is 0.0532. The highest BCUT2D eigenvalue weighted by Crippen LogP contribution is 2.33. The molecule has 1 heterocycles. The first kappa shape index (κ1) is 11.2. The molecule has 0 aromatic carbocycles. The third-order valence-corrected chi connectivity index (χ3v) is 3.95. The van der Waals surface area contributed by atoms with Crippen LogP contribution in [0.25, 0.3) is 0 Å². The SMILES string of the molecule is NC(CC1CCCCC1)c1occc1Br. The van der Waals surface area contributed by atoms with E-state index < -0.39 is 0 Å². The molecule has 0 amide bonds. The van der Waals surface area contributed by atoms with Gasteiger partial charge in [-0.1, -0.05) is 32.1 Å². The maximum Gasteiger partial charge on any atom is 0.134 e. The maximum atomic E-state index is 6.15. The van der Waals surface area contributed by atoms with Gasteiger partial charge in [-0.15, -0.1) is 0 Å². The monoisotopic (exact) mass is 271 g/mol. The summed E-state index contributed by atoms with van der Waals surface area (Å²) in [6, 6.07) is 1.97. The summed E-state index contributed by atoms with van der Waals surface area (Å²) in [5.41, 5.74) is 6.15. The molecule has 2 rings (SSSR count). The molecule has 0 bridgehead atoms. The first-order valence-electron chi connectivity index (χ1n) is 5.76. The van der Waals surface area contributed by atoms with E-state index in [0.717, 1.165) is 22.6 Å². The molecule has 15 heavy (non-hydrogen) atoms. The van der Waals surface area contributed by atoms with Crippen LogP contribution in [0.4, 0.5) is 0 Å². The van der Waals surface area contributed by atoms with Crippen LogP contribution >= 0.6 is 15.9 Å². The Labute approximate surface area is 99.3 Å². The van der Waals surface area contributed by atoms with Gasteiger partial charge in [0.1, 0.15) is 5.76 Å². The van der Waals surface area contributed by atoms with E-state index in [-0.39, 0.29) is 6.04 Å². The van der Waals surface area contributed by atoms with Crippen LogP contribution in [0.2, 0.25) is 0 Å². The van der Waals surface area contributed by atoms with Crippen molar-refractivity contribution < 1.29 is 4.42 Å². The van der Waals surface area contributed by atoms with Gasteiger partial charge in [-0.25, -0.2) is 0 Å². The Hall–Kier alpha value is -0.280. The minimum atomic E-state index is 0.0532. The van der Waals surface area contributed by atoms with Gasteiger partial charge in [0.15, 0.2) is 0 Å². The third-order valence-electron chi connectivity index (χ3n) is 3.29. The molecule has 1 aromatic heterocycles. The van der Waals surface area contributed by atoms with Crippen molar-refractivity contribution in [2.45, 2.75) is 44.6 Å². The molecule has 0 aliphatic heterocycles. The fraction of sp³-hybridized carbons (Fsp3) is 0.667. The number of hydrogen-bond acceptors (Lipinski definition) is 2. The van der Waals surface area contributed by atoms with Gasteiger partial charge in [0.05, 0.1) is 16.8 Å². The van der Waals surface area contributed by atoms with Crippen LogP contribution in [-0.2, 0) is 0 Å². The van der Waals surface area contributed by atoms with Crippen molar-refractivity contribution in [3.63, 3.8) is 0 Å². The predicted molar refractivity (Wildman–Crippen MR) is 64.5 cm³/mol. The lowest BCUT2D eigenvalue weighted by Crippen LogP contribution is -2.17. The lowest BCUT2D eigenvalue weighted by Gasteiger charge is -2.23. The van der Waals surface area contributed by atoms with Crippen LogP contribution in [0.15, 0.2) is 21.2 Å². The predicted octanol–water partition coefficient (Wildman–Crippen LogP) is 4.01. The average Bonchev–Trinajstić information content (AvgIpc) is 2.66. The maximum absolute atomic E-state index is 6.15. The van der Waals surface area contributed by atoms with Crippen molar-refractivity contribution in [2.24, 2.45) is 11.7 Å². The van der Waals surface area contributed by atoms with Crippen LogP contribution in [0.5, 0.6) is 0 Å². The van der Waals surface area contributed by atoms with Crippen LogP contribution in [0, 0.1) is 5.92 Å². The van der Waals surface area contributed by atoms with Crippen LogP contribution < -0.4 is 5.73 Å². The molecule has 1 atom stereocenters. The zero-order chi connectivity index (χ0) is 10.7. The Morgan fingerprint density at radius 2 is 2.13 bits per heavy atom. The summed E-state index contributed by atoms with van der Waals surface area (Å²) in [6.07, 6.45) is 9.58. The molecule has 1 aromatic rings. The van der Waals surface area contributed by atoms with Gasteiger partial charge in [-0.05, 0) is 34.3 Å². The first-order valence-corrected chi connectivity index (χ1v) is 6.55. The minimum Gasteiger partial charge on any atom is -0.466 e. The molecule has 1 aliphatic rings. The van der Waals surface area contributed by atoms with E-state index in [1.54, 1.807) is 6.26 Å². The number of nitrogens with two attached hydrogens (primary N) is 1. The van der Waals surface area contributed by atoms with E-state index in [1.165, 1.54) is 32.1 Å². The molecule has 0 radical (unpaired) electrons. The van der Waals surface area contributed by atoms with Crippen molar-refractivity contribution in [3.8, 4) is 0 Å². The number of halogens is 1. The molecular formula is C12H18BrNO. The van der Waals surface area contributed by atoms with E-state index in [0.29, 0.717) is 0 Å². The number of furan rings is 1. The largest absolute Gasteiger partial charge is 0.466 e. The van der Waals surface area contributed by atoms with Gasteiger partial charge in [0.25, 0.3) is 0 Å². The Kier molecular flexibility index (Phi) is 3.87. The average molecular weight is 272 g/mol. The molecule has 1 fully saturated rings. The van der Waals surface area contributed by atoms with Crippen LogP contribution in [0.1, 0.15) is 50.3 Å². The molecule has 3 heteroatoms. The fourth-order valence-electron chi connectivity index (χ4n) is 2.46. The van der Waals surface area contributed by atoms with E-state index in [1.807, 2.05) is 6.07 Å². The molecule has 1 aliphatic carbocycles. The Bertz CT molecular complexity index is 304. The van der Waals surface area contributed by atoms with Crippen LogP contribution in [0.3, 0.4) is 0 Å². The van der Waals surface area contributed by atoms with Crippen molar-refractivity contribution in [2.75, 3.05) is 0 Å². The fourth-order valence-corrected chi connectivity index (χ4v) is 2.95. The first-order chi connectivity index (χ1) is 7.27. The summed E-state index contributed by atoms with van der Waals surface area (Å²) in [4.78, 5) is 0. The highest BCUT2D eigenvalue weighted by molar-refractivity contribution is 9.10. The molecule has 1 unspecified atom stereocenters. The number of rotatable bonds is 3. The van der Waals surface area contributed by atoms with Crippen molar-refractivity contribution in [3.05, 3.63) is 22.6 Å². The van der Waals surface area contributed by atoms with E-state index >= 15 is 0 Å². The van der Waals surface area contributed by atoms with E-state index in [4.69, 9.17) is 10.2 Å². The molecule has 0 saturated heterocycles. The second-order valence-electron chi connectivity index (χ2n) is 4.48. The third kappa shape index (κ3) is 2.85. The summed E-state index contributed by atoms with van der Waals surface area (Å²) < 4.78 is 6.40. The standard InChI is InChI=1S/C12H18BrNO/c13-10-6-7-15-12(10)11(14)8-9-4-2-1-3-5-9/h6-7,9,11H,1-5,8,14H2. The zero-order valence-corrected chi connectivity index (χ0v) is 10.5.